The smallest absolute Gasteiger partial charge is 0.319 e. The van der Waals surface area contributed by atoms with Gasteiger partial charge in [-0.15, -0.1) is 5.10 Å². The van der Waals surface area contributed by atoms with E-state index in [1.807, 2.05) is 11.0 Å². The van der Waals surface area contributed by atoms with E-state index in [0.29, 0.717) is 35.8 Å². The Morgan fingerprint density at radius 1 is 1.09 bits per heavy atom. The van der Waals surface area contributed by atoms with Gasteiger partial charge >= 0.3 is 6.01 Å². The highest BCUT2D eigenvalue weighted by Gasteiger charge is 2.36. The van der Waals surface area contributed by atoms with Gasteiger partial charge in [-0.1, -0.05) is 17.2 Å². The van der Waals surface area contributed by atoms with Crippen molar-refractivity contribution in [3.63, 3.8) is 0 Å². The number of nitrogens with one attached hydrogen (secondary N) is 1. The predicted molar refractivity (Wildman–Crippen MR) is 109 cm³/mol. The Kier molecular flexibility index (Phi) is 4.20. The lowest BCUT2D eigenvalue weighted by Crippen LogP contribution is -2.37. The molecule has 5 aromatic rings. The van der Waals surface area contributed by atoms with Crippen LogP contribution in [0.4, 0.5) is 14.8 Å². The number of halogens is 2. The number of rotatable bonds is 4. The molecule has 0 bridgehead atoms. The summed E-state index contributed by atoms with van der Waals surface area (Å²) in [4.78, 5) is 13.8. The number of imidazole rings is 1. The maximum absolute atomic E-state index is 13.5. The van der Waals surface area contributed by atoms with Gasteiger partial charge in [0.05, 0.1) is 23.2 Å². The van der Waals surface area contributed by atoms with Gasteiger partial charge in [0, 0.05) is 24.9 Å². The van der Waals surface area contributed by atoms with E-state index in [1.165, 1.54) is 10.6 Å². The molecule has 5 aromatic heterocycles. The lowest BCUT2D eigenvalue weighted by molar-refractivity contribution is 0.143. The van der Waals surface area contributed by atoms with E-state index in [2.05, 4.69) is 30.2 Å². The number of fused-ring (bicyclic) bond motifs is 2. The number of anilines is 1. The second-order valence-corrected chi connectivity index (χ2v) is 7.37. The van der Waals surface area contributed by atoms with Crippen LogP contribution in [-0.4, -0.2) is 41.3 Å². The molecule has 0 radical (unpaired) electrons. The van der Waals surface area contributed by atoms with Crippen LogP contribution < -0.4 is 4.90 Å². The summed E-state index contributed by atoms with van der Waals surface area (Å²) in [5.74, 6) is 0.294. The van der Waals surface area contributed by atoms with Crippen molar-refractivity contribution in [3.05, 3.63) is 77.8 Å². The monoisotopic (exact) mass is 434 g/mol. The number of hydrogen-bond donors (Lipinski definition) is 1. The first-order chi connectivity index (χ1) is 15.7. The van der Waals surface area contributed by atoms with E-state index in [4.69, 9.17) is 4.42 Å². The van der Waals surface area contributed by atoms with E-state index < -0.39 is 12.5 Å². The number of hydrogen-bond acceptors (Lipinski definition) is 7. The molecule has 32 heavy (non-hydrogen) atoms. The van der Waals surface area contributed by atoms with E-state index in [-0.39, 0.29) is 11.7 Å². The number of nitrogens with zero attached hydrogens (tertiary/aromatic N) is 7. The van der Waals surface area contributed by atoms with Crippen LogP contribution in [0.5, 0.6) is 0 Å². The summed E-state index contributed by atoms with van der Waals surface area (Å²) in [6, 6.07) is 11.7. The first-order valence-corrected chi connectivity index (χ1v) is 9.99. The maximum Gasteiger partial charge on any atom is 0.319 e. The number of alkyl halides is 2. The summed E-state index contributed by atoms with van der Waals surface area (Å²) in [5.41, 5.74) is 3.23. The molecule has 0 spiro atoms. The zero-order valence-corrected chi connectivity index (χ0v) is 16.6. The predicted octanol–water partition coefficient (Wildman–Crippen LogP) is 3.59. The highest BCUT2D eigenvalue weighted by atomic mass is 19.3. The summed E-state index contributed by atoms with van der Waals surface area (Å²) < 4.78 is 34.2. The van der Waals surface area contributed by atoms with Crippen LogP contribution in [0, 0.1) is 0 Å². The Hall–Kier alpha value is -4.15. The lowest BCUT2D eigenvalue weighted by atomic mass is 10.0. The van der Waals surface area contributed by atoms with Gasteiger partial charge in [0.2, 0.25) is 0 Å². The topological polar surface area (TPSA) is 101 Å². The molecule has 1 atom stereocenters. The maximum atomic E-state index is 13.5. The van der Waals surface area contributed by atoms with Crippen molar-refractivity contribution in [2.75, 3.05) is 11.4 Å². The van der Waals surface area contributed by atoms with E-state index in [0.717, 1.165) is 11.4 Å². The normalized spacial score (nSPS) is 16.1. The highest BCUT2D eigenvalue weighted by molar-refractivity contribution is 5.54. The minimum absolute atomic E-state index is 0.173. The highest BCUT2D eigenvalue weighted by Crippen LogP contribution is 2.37. The van der Waals surface area contributed by atoms with Gasteiger partial charge in [0.1, 0.15) is 17.4 Å². The SMILES string of the molecule is FC(F)c1cccc2cc([C@@H]3c4nc[nH]c4CCN3c3nnc(-c4ccccn4)o3)nn12. The molecule has 6 rings (SSSR count). The average molecular weight is 434 g/mol. The van der Waals surface area contributed by atoms with Gasteiger partial charge in [-0.2, -0.15) is 5.10 Å². The second-order valence-electron chi connectivity index (χ2n) is 7.37. The zero-order valence-electron chi connectivity index (χ0n) is 16.6. The van der Waals surface area contributed by atoms with E-state index in [9.17, 15) is 8.78 Å². The fourth-order valence-electron chi connectivity index (χ4n) is 4.06. The molecule has 6 heterocycles. The van der Waals surface area contributed by atoms with Gasteiger partial charge in [0.25, 0.3) is 12.3 Å². The van der Waals surface area contributed by atoms with Crippen LogP contribution in [-0.2, 0) is 6.42 Å². The van der Waals surface area contributed by atoms with Crippen LogP contribution in [0.25, 0.3) is 17.1 Å². The third-order valence-corrected chi connectivity index (χ3v) is 5.51. The number of H-pyrrole nitrogens is 1. The standard InChI is InChI=1S/C21H16F2N8O/c22-19(23)16-6-3-4-12-10-15(29-31(12)16)18-17-13(25-11-26-17)7-9-30(18)21-28-27-20(32-21)14-5-1-2-8-24-14/h1-6,8,10-11,18-19H,7,9H2,(H,25,26)/t18-/m1/s1. The van der Waals surface area contributed by atoms with Crippen molar-refractivity contribution >= 4 is 11.5 Å². The summed E-state index contributed by atoms with van der Waals surface area (Å²) >= 11 is 0. The molecule has 0 amide bonds. The molecule has 0 aliphatic carbocycles. The molecule has 1 N–H and O–H groups in total. The molecular formula is C21H16F2N8O. The van der Waals surface area contributed by atoms with Crippen LogP contribution in [0.1, 0.15) is 35.2 Å². The molecule has 0 aromatic carbocycles. The summed E-state index contributed by atoms with van der Waals surface area (Å²) in [5, 5.41) is 12.9. The third kappa shape index (κ3) is 2.93. The number of aromatic nitrogens is 7. The Bertz CT molecular complexity index is 1390. The van der Waals surface area contributed by atoms with Gasteiger partial charge in [0.15, 0.2) is 0 Å². The van der Waals surface area contributed by atoms with Gasteiger partial charge in [-0.3, -0.25) is 4.98 Å². The lowest BCUT2D eigenvalue weighted by Gasteiger charge is -2.32. The quantitative estimate of drug-likeness (QED) is 0.461. The molecule has 1 aliphatic heterocycles. The molecule has 0 unspecified atom stereocenters. The van der Waals surface area contributed by atoms with Crippen molar-refractivity contribution in [1.29, 1.82) is 0 Å². The van der Waals surface area contributed by atoms with Crippen molar-refractivity contribution in [3.8, 4) is 11.6 Å². The summed E-state index contributed by atoms with van der Waals surface area (Å²) in [7, 11) is 0. The Labute approximate surface area is 179 Å². The number of aromatic amines is 1. The summed E-state index contributed by atoms with van der Waals surface area (Å²) in [6.07, 6.45) is 1.31. The second kappa shape index (κ2) is 7.22. The van der Waals surface area contributed by atoms with Crippen molar-refractivity contribution in [1.82, 2.24) is 34.8 Å². The van der Waals surface area contributed by atoms with Crippen molar-refractivity contribution < 1.29 is 13.2 Å². The van der Waals surface area contributed by atoms with Crippen LogP contribution >= 0.6 is 0 Å². The molecule has 11 heteroatoms. The Morgan fingerprint density at radius 3 is 2.88 bits per heavy atom. The van der Waals surface area contributed by atoms with E-state index >= 15 is 0 Å². The zero-order chi connectivity index (χ0) is 21.7. The molecule has 0 saturated heterocycles. The fourth-order valence-corrected chi connectivity index (χ4v) is 4.06. The van der Waals surface area contributed by atoms with Gasteiger partial charge < -0.3 is 14.3 Å². The van der Waals surface area contributed by atoms with E-state index in [1.54, 1.807) is 42.9 Å². The average Bonchev–Trinajstić information content (AvgIpc) is 3.57. The van der Waals surface area contributed by atoms with Crippen molar-refractivity contribution in [2.24, 2.45) is 0 Å². The van der Waals surface area contributed by atoms with Crippen LogP contribution in [0.15, 0.2) is 59.4 Å². The van der Waals surface area contributed by atoms with Gasteiger partial charge in [-0.05, 0) is 30.3 Å². The van der Waals surface area contributed by atoms with Gasteiger partial charge in [-0.25, -0.2) is 18.3 Å². The minimum atomic E-state index is -2.65. The van der Waals surface area contributed by atoms with Crippen LogP contribution in [0.3, 0.4) is 0 Å². The van der Waals surface area contributed by atoms with Crippen molar-refractivity contribution in [2.45, 2.75) is 18.9 Å². The molecule has 160 valence electrons. The van der Waals surface area contributed by atoms with Crippen LogP contribution in [0.2, 0.25) is 0 Å². The molecule has 9 nitrogen and oxygen atoms in total. The molecule has 1 aliphatic rings. The largest absolute Gasteiger partial charge is 0.402 e. The number of pyridine rings is 2. The molecular weight excluding hydrogens is 418 g/mol. The Morgan fingerprint density at radius 2 is 2.03 bits per heavy atom. The fraction of sp³-hybridized carbons (Fsp3) is 0.190. The third-order valence-electron chi connectivity index (χ3n) is 5.51. The minimum Gasteiger partial charge on any atom is -0.402 e. The molecule has 0 fully saturated rings. The first kappa shape index (κ1) is 18.6. The summed E-state index contributed by atoms with van der Waals surface area (Å²) in [6.45, 7) is 0.555. The first-order valence-electron chi connectivity index (χ1n) is 9.99. The Balaban J connectivity index is 1.46. The molecule has 0 saturated carbocycles.